The van der Waals surface area contributed by atoms with Crippen LogP contribution in [0.1, 0.15) is 12.5 Å². The minimum atomic E-state index is 0.358. The van der Waals surface area contributed by atoms with Gasteiger partial charge in [0.05, 0.1) is 6.61 Å². The molecule has 0 amide bonds. The summed E-state index contributed by atoms with van der Waals surface area (Å²) >= 11 is 0. The number of hydrogen-bond acceptors (Lipinski definition) is 2. The molecule has 0 atom stereocenters. The summed E-state index contributed by atoms with van der Waals surface area (Å²) in [6.45, 7) is 2.94. The fourth-order valence-corrected chi connectivity index (χ4v) is 1.17. The van der Waals surface area contributed by atoms with E-state index < -0.39 is 0 Å². The van der Waals surface area contributed by atoms with Crippen LogP contribution in [0.3, 0.4) is 0 Å². The molecule has 0 aliphatic rings. The van der Waals surface area contributed by atoms with Gasteiger partial charge in [-0.2, -0.15) is 0 Å². The highest BCUT2D eigenvalue weighted by atomic mass is 16.5. The Hall–Kier alpha value is -1.93. The van der Waals surface area contributed by atoms with Crippen LogP contribution < -0.4 is 4.74 Å². The highest BCUT2D eigenvalue weighted by Gasteiger charge is 1.96. The van der Waals surface area contributed by atoms with Gasteiger partial charge in [0, 0.05) is 17.0 Å². The Morgan fingerprint density at radius 2 is 2.27 bits per heavy atom. The quantitative estimate of drug-likeness (QED) is 0.411. The first-order chi connectivity index (χ1) is 7.38. The van der Waals surface area contributed by atoms with Crippen LogP contribution in [0.15, 0.2) is 35.5 Å². The van der Waals surface area contributed by atoms with Crippen molar-refractivity contribution >= 4 is 6.08 Å². The number of nitrogens with zero attached hydrogens (tertiary/aromatic N) is 3. The standard InChI is InChI=1S/C11H13N3O/c1-2-15-11-8-4-3-6-10(11)7-5-9-13-14-12/h3-8H,2,9H2,1H3. The largest absolute Gasteiger partial charge is 0.493 e. The van der Waals surface area contributed by atoms with Crippen molar-refractivity contribution in [2.75, 3.05) is 13.2 Å². The molecule has 4 heteroatoms. The van der Waals surface area contributed by atoms with Gasteiger partial charge in [0.2, 0.25) is 0 Å². The summed E-state index contributed by atoms with van der Waals surface area (Å²) in [5.74, 6) is 0.845. The van der Waals surface area contributed by atoms with Gasteiger partial charge in [0.1, 0.15) is 5.75 Å². The number of azide groups is 1. The molecule has 15 heavy (non-hydrogen) atoms. The predicted octanol–water partition coefficient (Wildman–Crippen LogP) is 3.41. The first kappa shape index (κ1) is 11.1. The minimum Gasteiger partial charge on any atom is -0.493 e. The predicted molar refractivity (Wildman–Crippen MR) is 60.7 cm³/mol. The van der Waals surface area contributed by atoms with E-state index >= 15 is 0 Å². The molecule has 78 valence electrons. The Bertz CT molecular complexity index is 381. The molecule has 0 saturated carbocycles. The molecule has 0 heterocycles. The molecule has 0 radical (unpaired) electrons. The van der Waals surface area contributed by atoms with Crippen LogP contribution in [-0.4, -0.2) is 13.2 Å². The highest BCUT2D eigenvalue weighted by Crippen LogP contribution is 2.19. The molecule has 1 rings (SSSR count). The molecule has 0 unspecified atom stereocenters. The zero-order valence-corrected chi connectivity index (χ0v) is 8.63. The topological polar surface area (TPSA) is 58.0 Å². The van der Waals surface area contributed by atoms with E-state index in [1.807, 2.05) is 37.3 Å². The second kappa shape index (κ2) is 6.51. The van der Waals surface area contributed by atoms with Gasteiger partial charge in [0.25, 0.3) is 0 Å². The lowest BCUT2D eigenvalue weighted by atomic mass is 10.2. The van der Waals surface area contributed by atoms with E-state index in [2.05, 4.69) is 10.0 Å². The molecule has 0 spiro atoms. The lowest BCUT2D eigenvalue weighted by Crippen LogP contribution is -1.93. The third-order valence-corrected chi connectivity index (χ3v) is 1.77. The summed E-state index contributed by atoms with van der Waals surface area (Å²) < 4.78 is 5.44. The SMILES string of the molecule is CCOc1ccccc1C=CCN=[N+]=[N-]. The van der Waals surface area contributed by atoms with Gasteiger partial charge in [-0.25, -0.2) is 0 Å². The maximum Gasteiger partial charge on any atom is 0.126 e. The van der Waals surface area contributed by atoms with Crippen LogP contribution in [0.25, 0.3) is 16.5 Å². The van der Waals surface area contributed by atoms with Gasteiger partial charge in [0.15, 0.2) is 0 Å². The summed E-state index contributed by atoms with van der Waals surface area (Å²) in [7, 11) is 0. The average molecular weight is 203 g/mol. The van der Waals surface area contributed by atoms with Crippen molar-refractivity contribution in [2.45, 2.75) is 6.92 Å². The van der Waals surface area contributed by atoms with E-state index in [0.29, 0.717) is 13.2 Å². The van der Waals surface area contributed by atoms with E-state index in [1.54, 1.807) is 6.08 Å². The summed E-state index contributed by atoms with van der Waals surface area (Å²) in [6, 6.07) is 7.74. The molecule has 0 aromatic heterocycles. The summed E-state index contributed by atoms with van der Waals surface area (Å²) in [5.41, 5.74) is 9.10. The van der Waals surface area contributed by atoms with Crippen molar-refractivity contribution in [3.05, 3.63) is 46.3 Å². The molecule has 0 fully saturated rings. The fourth-order valence-electron chi connectivity index (χ4n) is 1.17. The molecule has 0 N–H and O–H groups in total. The number of rotatable bonds is 5. The van der Waals surface area contributed by atoms with E-state index in [0.717, 1.165) is 11.3 Å². The number of benzene rings is 1. The van der Waals surface area contributed by atoms with Gasteiger partial charge in [-0.05, 0) is 18.5 Å². The molecule has 0 bridgehead atoms. The first-order valence-corrected chi connectivity index (χ1v) is 4.77. The van der Waals surface area contributed by atoms with E-state index in [-0.39, 0.29) is 0 Å². The molecule has 0 aliphatic heterocycles. The Labute approximate surface area is 88.8 Å². The van der Waals surface area contributed by atoms with Crippen LogP contribution >= 0.6 is 0 Å². The zero-order chi connectivity index (χ0) is 10.9. The van der Waals surface area contributed by atoms with Crippen LogP contribution in [0.5, 0.6) is 5.75 Å². The van der Waals surface area contributed by atoms with E-state index in [9.17, 15) is 0 Å². The van der Waals surface area contributed by atoms with Crippen LogP contribution in [-0.2, 0) is 0 Å². The Balaban J connectivity index is 2.74. The molecule has 4 nitrogen and oxygen atoms in total. The summed E-state index contributed by atoms with van der Waals surface area (Å²) in [4.78, 5) is 2.67. The van der Waals surface area contributed by atoms with Crippen LogP contribution in [0.4, 0.5) is 0 Å². The zero-order valence-electron chi connectivity index (χ0n) is 8.63. The lowest BCUT2D eigenvalue weighted by molar-refractivity contribution is 0.339. The van der Waals surface area contributed by atoms with Crippen molar-refractivity contribution in [1.29, 1.82) is 0 Å². The number of hydrogen-bond donors (Lipinski definition) is 0. The minimum absolute atomic E-state index is 0.358. The van der Waals surface area contributed by atoms with Crippen LogP contribution in [0.2, 0.25) is 0 Å². The molecule has 1 aromatic rings. The van der Waals surface area contributed by atoms with E-state index in [4.69, 9.17) is 10.3 Å². The normalized spacial score (nSPS) is 9.93. The van der Waals surface area contributed by atoms with Crippen molar-refractivity contribution in [1.82, 2.24) is 0 Å². The molecular weight excluding hydrogens is 190 g/mol. The van der Waals surface area contributed by atoms with Crippen molar-refractivity contribution < 1.29 is 4.74 Å². The van der Waals surface area contributed by atoms with Crippen molar-refractivity contribution in [3.63, 3.8) is 0 Å². The second-order valence-corrected chi connectivity index (χ2v) is 2.79. The maximum absolute atomic E-state index is 8.10. The second-order valence-electron chi connectivity index (χ2n) is 2.79. The smallest absolute Gasteiger partial charge is 0.126 e. The number of ether oxygens (including phenoxy) is 1. The Morgan fingerprint density at radius 1 is 1.47 bits per heavy atom. The average Bonchev–Trinajstić information content (AvgIpc) is 2.27. The number of para-hydroxylation sites is 1. The maximum atomic E-state index is 8.10. The van der Waals surface area contributed by atoms with Crippen LogP contribution in [0, 0.1) is 0 Å². The Morgan fingerprint density at radius 3 is 3.00 bits per heavy atom. The van der Waals surface area contributed by atoms with Crippen molar-refractivity contribution in [2.24, 2.45) is 5.11 Å². The van der Waals surface area contributed by atoms with Gasteiger partial charge >= 0.3 is 0 Å². The van der Waals surface area contributed by atoms with Crippen molar-refractivity contribution in [3.8, 4) is 5.75 Å². The molecule has 1 aromatic carbocycles. The van der Waals surface area contributed by atoms with Gasteiger partial charge in [-0.15, -0.1) is 0 Å². The highest BCUT2D eigenvalue weighted by molar-refractivity contribution is 5.57. The van der Waals surface area contributed by atoms with E-state index in [1.165, 1.54) is 0 Å². The summed E-state index contributed by atoms with van der Waals surface area (Å²) in [5, 5.41) is 3.42. The third-order valence-electron chi connectivity index (χ3n) is 1.77. The first-order valence-electron chi connectivity index (χ1n) is 4.77. The molecule has 0 aliphatic carbocycles. The summed E-state index contributed by atoms with van der Waals surface area (Å²) in [6.07, 6.45) is 3.69. The third kappa shape index (κ3) is 3.75. The molecule has 0 saturated heterocycles. The lowest BCUT2D eigenvalue weighted by Gasteiger charge is -2.05. The Kier molecular flexibility index (Phi) is 4.84. The monoisotopic (exact) mass is 203 g/mol. The molecular formula is C11H13N3O. The fraction of sp³-hybridized carbons (Fsp3) is 0.273. The van der Waals surface area contributed by atoms with Gasteiger partial charge in [-0.3, -0.25) is 0 Å². The van der Waals surface area contributed by atoms with Gasteiger partial charge in [-0.1, -0.05) is 35.5 Å². The van der Waals surface area contributed by atoms with Gasteiger partial charge < -0.3 is 4.74 Å².